The molecule has 3 N–H and O–H groups in total. The highest BCUT2D eigenvalue weighted by Gasteiger charge is 2.20. The van der Waals surface area contributed by atoms with Crippen molar-refractivity contribution < 1.29 is 14.3 Å². The molecule has 6 rings (SSSR count). The number of ether oxygens (including phenoxy) is 2. The molecule has 3 heterocycles. The van der Waals surface area contributed by atoms with Gasteiger partial charge in [0.2, 0.25) is 5.91 Å². The van der Waals surface area contributed by atoms with Gasteiger partial charge in [0.1, 0.15) is 5.75 Å². The van der Waals surface area contributed by atoms with Gasteiger partial charge in [0.05, 0.1) is 37.2 Å². The number of pyridine rings is 1. The number of primary amides is 1. The Bertz CT molecular complexity index is 1580. The van der Waals surface area contributed by atoms with E-state index < -0.39 is 5.91 Å². The zero-order valence-electron chi connectivity index (χ0n) is 20.0. The SMILES string of the molecule is COc1ccc(-c2nc(-c3cc(N4CCOCC4)ccc3C(N)=O)cc3c2[nH]c2ccccc23)cc1. The number of H-pyrrole nitrogens is 1. The van der Waals surface area contributed by atoms with E-state index in [9.17, 15) is 4.79 Å². The summed E-state index contributed by atoms with van der Waals surface area (Å²) in [6, 6.07) is 23.8. The molecular weight excluding hydrogens is 452 g/mol. The molecule has 0 atom stereocenters. The minimum Gasteiger partial charge on any atom is -0.497 e. The van der Waals surface area contributed by atoms with Crippen LogP contribution in [0, 0.1) is 0 Å². The molecule has 1 aliphatic rings. The number of nitrogens with zero attached hydrogens (tertiary/aromatic N) is 2. The van der Waals surface area contributed by atoms with Crippen LogP contribution in [0.25, 0.3) is 44.3 Å². The van der Waals surface area contributed by atoms with E-state index in [-0.39, 0.29) is 0 Å². The van der Waals surface area contributed by atoms with Crippen LogP contribution in [0.4, 0.5) is 5.69 Å². The minimum atomic E-state index is -0.481. The normalized spacial score (nSPS) is 13.9. The molecule has 0 bridgehead atoms. The lowest BCUT2D eigenvalue weighted by Gasteiger charge is -2.29. The first-order valence-electron chi connectivity index (χ1n) is 11.9. The molecule has 1 fully saturated rings. The Morgan fingerprint density at radius 3 is 2.53 bits per heavy atom. The maximum absolute atomic E-state index is 12.5. The molecular formula is C29H26N4O3. The lowest BCUT2D eigenvalue weighted by molar-refractivity contribution is 0.100. The minimum absolute atomic E-state index is 0.444. The number of amides is 1. The highest BCUT2D eigenvalue weighted by atomic mass is 16.5. The molecule has 7 nitrogen and oxygen atoms in total. The molecule has 3 aromatic carbocycles. The first kappa shape index (κ1) is 22.1. The average molecular weight is 479 g/mol. The number of carbonyl (C=O) groups excluding carboxylic acids is 1. The van der Waals surface area contributed by atoms with Gasteiger partial charge in [-0.2, -0.15) is 0 Å². The molecule has 180 valence electrons. The second kappa shape index (κ2) is 9.02. The van der Waals surface area contributed by atoms with E-state index in [2.05, 4.69) is 22.0 Å². The summed E-state index contributed by atoms with van der Waals surface area (Å²) in [6.45, 7) is 2.94. The monoisotopic (exact) mass is 478 g/mol. The van der Waals surface area contributed by atoms with Gasteiger partial charge < -0.3 is 25.1 Å². The summed E-state index contributed by atoms with van der Waals surface area (Å²) >= 11 is 0. The Labute approximate surface area is 208 Å². The van der Waals surface area contributed by atoms with Crippen molar-refractivity contribution in [3.8, 4) is 28.3 Å². The molecule has 0 saturated carbocycles. The lowest BCUT2D eigenvalue weighted by Crippen LogP contribution is -2.36. The van der Waals surface area contributed by atoms with Crippen molar-refractivity contribution in [1.29, 1.82) is 0 Å². The number of fused-ring (bicyclic) bond motifs is 3. The quantitative estimate of drug-likeness (QED) is 0.371. The molecule has 1 saturated heterocycles. The van der Waals surface area contributed by atoms with E-state index in [1.165, 1.54) is 0 Å². The number of aromatic nitrogens is 2. The van der Waals surface area contributed by atoms with Gasteiger partial charge in [-0.05, 0) is 54.6 Å². The van der Waals surface area contributed by atoms with Crippen molar-refractivity contribution in [3.05, 3.63) is 78.4 Å². The summed E-state index contributed by atoms with van der Waals surface area (Å²) in [5.41, 5.74) is 12.4. The van der Waals surface area contributed by atoms with E-state index in [0.717, 1.165) is 57.6 Å². The van der Waals surface area contributed by atoms with Crippen LogP contribution in [-0.4, -0.2) is 49.3 Å². The largest absolute Gasteiger partial charge is 0.497 e. The lowest BCUT2D eigenvalue weighted by atomic mass is 9.99. The highest BCUT2D eigenvalue weighted by Crippen LogP contribution is 2.37. The summed E-state index contributed by atoms with van der Waals surface area (Å²) in [5, 5.41) is 2.13. The number of hydrogen-bond acceptors (Lipinski definition) is 5. The van der Waals surface area contributed by atoms with Crippen molar-refractivity contribution in [2.75, 3.05) is 38.3 Å². The fourth-order valence-corrected chi connectivity index (χ4v) is 4.92. The van der Waals surface area contributed by atoms with Crippen LogP contribution in [-0.2, 0) is 4.74 Å². The van der Waals surface area contributed by atoms with Gasteiger partial charge in [0.25, 0.3) is 0 Å². The van der Waals surface area contributed by atoms with Gasteiger partial charge in [-0.25, -0.2) is 4.98 Å². The average Bonchev–Trinajstić information content (AvgIpc) is 3.31. The summed E-state index contributed by atoms with van der Waals surface area (Å²) in [4.78, 5) is 23.4. The van der Waals surface area contributed by atoms with Gasteiger partial charge in [-0.1, -0.05) is 18.2 Å². The van der Waals surface area contributed by atoms with Crippen LogP contribution < -0.4 is 15.4 Å². The smallest absolute Gasteiger partial charge is 0.249 e. The molecule has 0 spiro atoms. The molecule has 36 heavy (non-hydrogen) atoms. The van der Waals surface area contributed by atoms with Crippen LogP contribution in [0.1, 0.15) is 10.4 Å². The molecule has 0 unspecified atom stereocenters. The third-order valence-electron chi connectivity index (χ3n) is 6.78. The van der Waals surface area contributed by atoms with E-state index in [0.29, 0.717) is 30.0 Å². The van der Waals surface area contributed by atoms with Crippen LogP contribution >= 0.6 is 0 Å². The summed E-state index contributed by atoms with van der Waals surface area (Å²) in [6.07, 6.45) is 0. The molecule has 0 aliphatic carbocycles. The topological polar surface area (TPSA) is 93.5 Å². The Balaban J connectivity index is 1.61. The zero-order chi connectivity index (χ0) is 24.6. The predicted octanol–water partition coefficient (Wildman–Crippen LogP) is 4.99. The molecule has 7 heteroatoms. The van der Waals surface area contributed by atoms with E-state index in [1.807, 2.05) is 54.6 Å². The zero-order valence-corrected chi connectivity index (χ0v) is 20.0. The third-order valence-corrected chi connectivity index (χ3v) is 6.78. The van der Waals surface area contributed by atoms with E-state index in [1.54, 1.807) is 13.2 Å². The van der Waals surface area contributed by atoms with E-state index in [4.69, 9.17) is 20.2 Å². The van der Waals surface area contributed by atoms with E-state index >= 15 is 0 Å². The fourth-order valence-electron chi connectivity index (χ4n) is 4.92. The second-order valence-corrected chi connectivity index (χ2v) is 8.87. The first-order chi connectivity index (χ1) is 17.6. The van der Waals surface area contributed by atoms with Gasteiger partial charge in [0.15, 0.2) is 0 Å². The Morgan fingerprint density at radius 2 is 1.78 bits per heavy atom. The number of benzene rings is 3. The summed E-state index contributed by atoms with van der Waals surface area (Å²) < 4.78 is 10.9. The number of anilines is 1. The Morgan fingerprint density at radius 1 is 1.00 bits per heavy atom. The van der Waals surface area contributed by atoms with Crippen molar-refractivity contribution in [3.63, 3.8) is 0 Å². The van der Waals surface area contributed by atoms with Crippen molar-refractivity contribution in [2.24, 2.45) is 5.73 Å². The fraction of sp³-hybridized carbons (Fsp3) is 0.172. The number of morpholine rings is 1. The van der Waals surface area contributed by atoms with Gasteiger partial charge in [0, 0.05) is 51.8 Å². The predicted molar refractivity (Wildman–Crippen MR) is 143 cm³/mol. The van der Waals surface area contributed by atoms with Crippen molar-refractivity contribution >= 4 is 33.4 Å². The Kier molecular flexibility index (Phi) is 5.54. The summed E-state index contributed by atoms with van der Waals surface area (Å²) in [7, 11) is 1.65. The maximum atomic E-state index is 12.5. The number of nitrogens with two attached hydrogens (primary N) is 1. The van der Waals surface area contributed by atoms with Crippen molar-refractivity contribution in [2.45, 2.75) is 0 Å². The number of hydrogen-bond donors (Lipinski definition) is 2. The van der Waals surface area contributed by atoms with Crippen LogP contribution in [0.2, 0.25) is 0 Å². The highest BCUT2D eigenvalue weighted by molar-refractivity contribution is 6.12. The van der Waals surface area contributed by atoms with Gasteiger partial charge in [-0.15, -0.1) is 0 Å². The van der Waals surface area contributed by atoms with Crippen molar-refractivity contribution in [1.82, 2.24) is 9.97 Å². The summed E-state index contributed by atoms with van der Waals surface area (Å²) in [5.74, 6) is 0.294. The number of methoxy groups -OCH3 is 1. The molecule has 2 aromatic heterocycles. The Hall–Kier alpha value is -4.36. The number of aromatic amines is 1. The second-order valence-electron chi connectivity index (χ2n) is 8.87. The van der Waals surface area contributed by atoms with Crippen LogP contribution in [0.15, 0.2) is 72.8 Å². The first-order valence-corrected chi connectivity index (χ1v) is 11.9. The number of rotatable bonds is 5. The van der Waals surface area contributed by atoms with Gasteiger partial charge >= 0.3 is 0 Å². The molecule has 1 aliphatic heterocycles. The maximum Gasteiger partial charge on any atom is 0.249 e. The standard InChI is InChI=1S/C29H26N4O3/c1-35-20-9-6-18(7-10-20)27-28-24(21-4-2-3-5-25(21)31-28)17-26(32-27)23-16-19(8-11-22(23)29(30)34)33-12-14-36-15-13-33/h2-11,16-17,31H,12-15H2,1H3,(H2,30,34). The number of para-hydroxylation sites is 1. The molecule has 0 radical (unpaired) electrons. The molecule has 1 amide bonds. The number of carbonyl (C=O) groups is 1. The molecule has 5 aromatic rings. The van der Waals surface area contributed by atoms with Crippen LogP contribution in [0.3, 0.4) is 0 Å². The van der Waals surface area contributed by atoms with Crippen LogP contribution in [0.5, 0.6) is 5.75 Å². The third kappa shape index (κ3) is 3.83. The number of nitrogens with one attached hydrogen (secondary N) is 1. The van der Waals surface area contributed by atoms with Gasteiger partial charge in [-0.3, -0.25) is 4.79 Å².